The molecule has 0 fully saturated rings. The Balaban J connectivity index is 2.36. The number of halogens is 2. The van der Waals surface area contributed by atoms with Crippen LogP contribution < -0.4 is 10.5 Å². The van der Waals surface area contributed by atoms with Crippen molar-refractivity contribution >= 4 is 32.7 Å². The third-order valence-electron chi connectivity index (χ3n) is 2.03. The van der Waals surface area contributed by atoms with E-state index in [0.717, 1.165) is 29.5 Å². The fourth-order valence-electron chi connectivity index (χ4n) is 1.24. The maximum absolute atomic E-state index is 13.3. The average Bonchev–Trinajstić information content (AvgIpc) is 2.71. The number of thiophene rings is 1. The first-order valence-electron chi connectivity index (χ1n) is 4.70. The minimum absolute atomic E-state index is 0.0661. The molecule has 0 aliphatic heterocycles. The molecule has 1 aromatic carbocycles. The van der Waals surface area contributed by atoms with Crippen molar-refractivity contribution in [1.29, 1.82) is 0 Å². The Morgan fingerprint density at radius 2 is 1.94 bits per heavy atom. The van der Waals surface area contributed by atoms with E-state index in [4.69, 9.17) is 5.73 Å². The predicted molar refractivity (Wildman–Crippen MR) is 65.9 cm³/mol. The van der Waals surface area contributed by atoms with Crippen molar-refractivity contribution in [2.24, 2.45) is 0 Å². The highest BCUT2D eigenvalue weighted by atomic mass is 32.2. The minimum atomic E-state index is -3.95. The van der Waals surface area contributed by atoms with E-state index in [1.807, 2.05) is 4.72 Å². The maximum atomic E-state index is 13.3. The molecule has 0 aliphatic carbocycles. The largest absolute Gasteiger partial charge is 0.398 e. The second kappa shape index (κ2) is 4.54. The van der Waals surface area contributed by atoms with Gasteiger partial charge in [0.25, 0.3) is 10.0 Å². The second-order valence-electron chi connectivity index (χ2n) is 3.43. The van der Waals surface area contributed by atoms with E-state index in [-0.39, 0.29) is 4.21 Å². The Kier molecular flexibility index (Phi) is 3.22. The lowest BCUT2D eigenvalue weighted by molar-refractivity contribution is 0.595. The maximum Gasteiger partial charge on any atom is 0.271 e. The molecule has 96 valence electrons. The molecule has 0 aliphatic rings. The minimum Gasteiger partial charge on any atom is -0.398 e. The van der Waals surface area contributed by atoms with Crippen LogP contribution in [0.3, 0.4) is 0 Å². The molecule has 0 unspecified atom stereocenters. The standard InChI is InChI=1S/C10H8F2N2O2S2/c11-6-1-2-8(12)9(3-6)14-18(15,16)10-4-7(13)5-17-10/h1-5,14H,13H2. The summed E-state index contributed by atoms with van der Waals surface area (Å²) in [5, 5.41) is 1.44. The molecule has 0 amide bonds. The van der Waals surface area contributed by atoms with E-state index in [9.17, 15) is 17.2 Å². The van der Waals surface area contributed by atoms with Crippen LogP contribution in [-0.4, -0.2) is 8.42 Å². The Hall–Kier alpha value is -1.67. The number of rotatable bonds is 3. The number of hydrogen-bond acceptors (Lipinski definition) is 4. The Labute approximate surface area is 106 Å². The SMILES string of the molecule is Nc1csc(S(=O)(=O)Nc2cc(F)ccc2F)c1. The van der Waals surface area contributed by atoms with Crippen LogP contribution >= 0.6 is 11.3 Å². The number of anilines is 2. The Morgan fingerprint density at radius 1 is 1.22 bits per heavy atom. The Morgan fingerprint density at radius 3 is 2.56 bits per heavy atom. The summed E-state index contributed by atoms with van der Waals surface area (Å²) in [4.78, 5) is 0. The molecule has 2 aromatic rings. The summed E-state index contributed by atoms with van der Waals surface area (Å²) < 4.78 is 51.8. The van der Waals surface area contributed by atoms with Gasteiger partial charge in [0.2, 0.25) is 0 Å². The summed E-state index contributed by atoms with van der Waals surface area (Å²) in [5.41, 5.74) is 5.26. The van der Waals surface area contributed by atoms with Gasteiger partial charge < -0.3 is 5.73 Å². The summed E-state index contributed by atoms with van der Waals surface area (Å²) in [6.45, 7) is 0. The normalized spacial score (nSPS) is 11.4. The first-order chi connectivity index (χ1) is 8.38. The molecule has 0 spiro atoms. The van der Waals surface area contributed by atoms with Crippen LogP contribution in [0.15, 0.2) is 33.9 Å². The number of nitrogens with one attached hydrogen (secondary N) is 1. The fourth-order valence-corrected chi connectivity index (χ4v) is 3.38. The van der Waals surface area contributed by atoms with Crippen molar-refractivity contribution in [3.63, 3.8) is 0 Å². The van der Waals surface area contributed by atoms with Crippen molar-refractivity contribution in [2.75, 3.05) is 10.5 Å². The monoisotopic (exact) mass is 290 g/mol. The van der Waals surface area contributed by atoms with Gasteiger partial charge in [0.05, 0.1) is 5.69 Å². The molecule has 4 nitrogen and oxygen atoms in total. The molecule has 8 heteroatoms. The zero-order chi connectivity index (χ0) is 13.3. The first-order valence-corrected chi connectivity index (χ1v) is 7.06. The Bertz CT molecular complexity index is 683. The first kappa shape index (κ1) is 12.8. The molecule has 0 saturated heterocycles. The van der Waals surface area contributed by atoms with Crippen molar-refractivity contribution < 1.29 is 17.2 Å². The van der Waals surface area contributed by atoms with Crippen LogP contribution in [0.2, 0.25) is 0 Å². The number of sulfonamides is 1. The molecule has 0 radical (unpaired) electrons. The molecule has 18 heavy (non-hydrogen) atoms. The van der Waals surface area contributed by atoms with Crippen LogP contribution in [-0.2, 0) is 10.0 Å². The van der Waals surface area contributed by atoms with Crippen molar-refractivity contribution in [3.8, 4) is 0 Å². The van der Waals surface area contributed by atoms with Gasteiger partial charge in [-0.2, -0.15) is 0 Å². The summed E-state index contributed by atoms with van der Waals surface area (Å²) in [6.07, 6.45) is 0. The smallest absolute Gasteiger partial charge is 0.271 e. The van der Waals surface area contributed by atoms with E-state index in [1.54, 1.807) is 0 Å². The van der Waals surface area contributed by atoms with Gasteiger partial charge in [0.1, 0.15) is 15.8 Å². The lowest BCUT2D eigenvalue weighted by atomic mass is 10.3. The van der Waals surface area contributed by atoms with Crippen molar-refractivity contribution in [1.82, 2.24) is 0 Å². The van der Waals surface area contributed by atoms with Gasteiger partial charge in [-0.1, -0.05) is 0 Å². The van der Waals surface area contributed by atoms with E-state index in [2.05, 4.69) is 0 Å². The molecular weight excluding hydrogens is 282 g/mol. The highest BCUT2D eigenvalue weighted by molar-refractivity contribution is 7.94. The van der Waals surface area contributed by atoms with E-state index in [0.29, 0.717) is 5.69 Å². The average molecular weight is 290 g/mol. The second-order valence-corrected chi connectivity index (χ2v) is 6.25. The third kappa shape index (κ3) is 2.59. The van der Waals surface area contributed by atoms with Gasteiger partial charge in [-0.3, -0.25) is 4.72 Å². The summed E-state index contributed by atoms with van der Waals surface area (Å²) in [6, 6.07) is 3.75. The zero-order valence-electron chi connectivity index (χ0n) is 8.85. The van der Waals surface area contributed by atoms with E-state index in [1.165, 1.54) is 11.4 Å². The van der Waals surface area contributed by atoms with Gasteiger partial charge >= 0.3 is 0 Å². The molecule has 1 heterocycles. The van der Waals surface area contributed by atoms with Gasteiger partial charge in [-0.25, -0.2) is 17.2 Å². The van der Waals surface area contributed by atoms with Crippen molar-refractivity contribution in [2.45, 2.75) is 4.21 Å². The van der Waals surface area contributed by atoms with E-state index < -0.39 is 27.3 Å². The molecule has 1 aromatic heterocycles. The van der Waals surface area contributed by atoms with Crippen LogP contribution in [0.4, 0.5) is 20.2 Å². The highest BCUT2D eigenvalue weighted by Gasteiger charge is 2.18. The van der Waals surface area contributed by atoms with Gasteiger partial charge in [0.15, 0.2) is 0 Å². The van der Waals surface area contributed by atoms with Crippen LogP contribution in [0.1, 0.15) is 0 Å². The van der Waals surface area contributed by atoms with Gasteiger partial charge in [-0.15, -0.1) is 11.3 Å². The van der Waals surface area contributed by atoms with E-state index >= 15 is 0 Å². The van der Waals surface area contributed by atoms with Crippen LogP contribution in [0.25, 0.3) is 0 Å². The number of hydrogen-bond donors (Lipinski definition) is 2. The lowest BCUT2D eigenvalue weighted by Gasteiger charge is -2.07. The third-order valence-corrected chi connectivity index (χ3v) is 4.86. The number of nitrogen functional groups attached to an aromatic ring is 1. The predicted octanol–water partition coefficient (Wildman–Crippen LogP) is 2.41. The molecule has 2 rings (SSSR count). The molecule has 0 atom stereocenters. The summed E-state index contributed by atoms with van der Waals surface area (Å²) in [7, 11) is -3.95. The molecule has 0 saturated carbocycles. The zero-order valence-corrected chi connectivity index (χ0v) is 10.5. The molecule has 0 bridgehead atoms. The van der Waals surface area contributed by atoms with Gasteiger partial charge in [-0.05, 0) is 18.2 Å². The number of nitrogens with two attached hydrogens (primary N) is 1. The topological polar surface area (TPSA) is 72.2 Å². The highest BCUT2D eigenvalue weighted by Crippen LogP contribution is 2.25. The van der Waals surface area contributed by atoms with Crippen LogP contribution in [0.5, 0.6) is 0 Å². The fraction of sp³-hybridized carbons (Fsp3) is 0. The molecular formula is C10H8F2N2O2S2. The van der Waals surface area contributed by atoms with Gasteiger partial charge in [0, 0.05) is 17.1 Å². The quantitative estimate of drug-likeness (QED) is 0.911. The number of benzene rings is 1. The van der Waals surface area contributed by atoms with Crippen molar-refractivity contribution in [3.05, 3.63) is 41.3 Å². The summed E-state index contributed by atoms with van der Waals surface area (Å²) >= 11 is 0.894. The van der Waals surface area contributed by atoms with Crippen LogP contribution in [0, 0.1) is 11.6 Å². The summed E-state index contributed by atoms with van der Waals surface area (Å²) in [5.74, 6) is -1.59. The lowest BCUT2D eigenvalue weighted by Crippen LogP contribution is -2.12. The molecule has 3 N–H and O–H groups in total.